The highest BCUT2D eigenvalue weighted by Crippen LogP contribution is 2.15. The van der Waals surface area contributed by atoms with Crippen molar-refractivity contribution in [2.75, 3.05) is 7.11 Å². The molecule has 3 rings (SSSR count). The third kappa shape index (κ3) is 4.67. The Labute approximate surface area is 163 Å². The van der Waals surface area contributed by atoms with Crippen molar-refractivity contribution in [1.82, 2.24) is 15.4 Å². The molecule has 0 spiro atoms. The van der Waals surface area contributed by atoms with Crippen LogP contribution >= 0.6 is 0 Å². The minimum atomic E-state index is -0.383. The Morgan fingerprint density at radius 3 is 2.29 bits per heavy atom. The third-order valence-electron chi connectivity index (χ3n) is 4.20. The number of nitrogens with one attached hydrogen (secondary N) is 2. The number of nitrogens with zero attached hydrogens (tertiary/aromatic N) is 1. The Balaban J connectivity index is 1.58. The van der Waals surface area contributed by atoms with E-state index < -0.39 is 0 Å². The van der Waals surface area contributed by atoms with Gasteiger partial charge in [-0.2, -0.15) is 0 Å². The maximum atomic E-state index is 12.2. The minimum Gasteiger partial charge on any atom is -0.497 e. The van der Waals surface area contributed by atoms with Gasteiger partial charge in [0, 0.05) is 18.8 Å². The molecule has 0 saturated heterocycles. The number of methoxy groups -OCH3 is 1. The first-order valence-electron chi connectivity index (χ1n) is 8.71. The van der Waals surface area contributed by atoms with Gasteiger partial charge in [-0.1, -0.05) is 36.4 Å². The first-order chi connectivity index (χ1) is 13.6. The molecule has 0 saturated carbocycles. The molecule has 0 aliphatic heterocycles. The second-order valence-corrected chi connectivity index (χ2v) is 6.14. The Hall–Kier alpha value is -3.80. The van der Waals surface area contributed by atoms with E-state index in [0.29, 0.717) is 11.3 Å². The van der Waals surface area contributed by atoms with E-state index in [1.54, 1.807) is 49.2 Å². The number of benzene rings is 2. The summed E-state index contributed by atoms with van der Waals surface area (Å²) in [6.45, 7) is 0. The molecule has 0 radical (unpaired) electrons. The molecule has 6 nitrogen and oxygen atoms in total. The van der Waals surface area contributed by atoms with Gasteiger partial charge >= 0.3 is 0 Å². The van der Waals surface area contributed by atoms with Crippen molar-refractivity contribution in [3.63, 3.8) is 0 Å². The lowest BCUT2D eigenvalue weighted by Gasteiger charge is -2.08. The quantitative estimate of drug-likeness (QED) is 0.531. The van der Waals surface area contributed by atoms with Gasteiger partial charge in [0.2, 0.25) is 0 Å². The van der Waals surface area contributed by atoms with E-state index in [1.165, 1.54) is 0 Å². The van der Waals surface area contributed by atoms with Crippen molar-refractivity contribution < 1.29 is 14.3 Å². The standard InChI is InChI=1S/C22H21N3O3/c1-25-14-4-7-20(25)22(27)24-23-21(26)18-12-10-16(11-13-18)8-9-17-5-3-6-19(15-17)28-2/h3-15H,1-2H3,(H,23,26)(H,24,27). The van der Waals surface area contributed by atoms with Gasteiger partial charge in [0.1, 0.15) is 11.4 Å². The van der Waals surface area contributed by atoms with E-state index in [0.717, 1.165) is 16.9 Å². The second kappa shape index (κ2) is 8.73. The zero-order valence-electron chi connectivity index (χ0n) is 15.7. The molecule has 0 atom stereocenters. The predicted octanol–water partition coefficient (Wildman–Crippen LogP) is 3.28. The number of ether oxygens (including phenoxy) is 1. The number of amides is 2. The number of hydrogen-bond acceptors (Lipinski definition) is 3. The van der Waals surface area contributed by atoms with Gasteiger partial charge in [-0.25, -0.2) is 0 Å². The number of carbonyl (C=O) groups is 2. The Bertz CT molecular complexity index is 1000. The molecule has 0 fully saturated rings. The highest BCUT2D eigenvalue weighted by molar-refractivity contribution is 5.98. The van der Waals surface area contributed by atoms with E-state index >= 15 is 0 Å². The number of hydrogen-bond donors (Lipinski definition) is 2. The van der Waals surface area contributed by atoms with E-state index in [4.69, 9.17) is 4.74 Å². The number of hydrazine groups is 1. The summed E-state index contributed by atoms with van der Waals surface area (Å²) in [7, 11) is 3.39. The SMILES string of the molecule is COc1cccc(C=Cc2ccc(C(=O)NNC(=O)c3cccn3C)cc2)c1. The van der Waals surface area contributed by atoms with E-state index in [-0.39, 0.29) is 11.8 Å². The van der Waals surface area contributed by atoms with Crippen molar-refractivity contribution in [1.29, 1.82) is 0 Å². The summed E-state index contributed by atoms with van der Waals surface area (Å²) in [4.78, 5) is 24.2. The van der Waals surface area contributed by atoms with Crippen molar-refractivity contribution in [3.8, 4) is 5.75 Å². The molecular weight excluding hydrogens is 354 g/mol. The average molecular weight is 375 g/mol. The Kier molecular flexibility index (Phi) is 5.91. The number of rotatable bonds is 5. The zero-order chi connectivity index (χ0) is 19.9. The van der Waals surface area contributed by atoms with Crippen LogP contribution in [-0.4, -0.2) is 23.5 Å². The molecule has 0 aliphatic carbocycles. The Morgan fingerprint density at radius 2 is 1.61 bits per heavy atom. The van der Waals surface area contributed by atoms with E-state index in [1.807, 2.05) is 48.6 Å². The highest BCUT2D eigenvalue weighted by atomic mass is 16.5. The van der Waals surface area contributed by atoms with Crippen molar-refractivity contribution in [3.05, 3.63) is 89.2 Å². The van der Waals surface area contributed by atoms with Gasteiger partial charge in [0.15, 0.2) is 0 Å². The molecule has 2 aromatic carbocycles. The fourth-order valence-corrected chi connectivity index (χ4v) is 2.63. The smallest absolute Gasteiger partial charge is 0.286 e. The maximum absolute atomic E-state index is 12.2. The summed E-state index contributed by atoms with van der Waals surface area (Å²) < 4.78 is 6.88. The largest absolute Gasteiger partial charge is 0.497 e. The van der Waals surface area contributed by atoms with Gasteiger partial charge in [-0.3, -0.25) is 20.4 Å². The summed E-state index contributed by atoms with van der Waals surface area (Å²) in [5, 5.41) is 0. The van der Waals surface area contributed by atoms with Crippen LogP contribution in [0.4, 0.5) is 0 Å². The van der Waals surface area contributed by atoms with Crippen LogP contribution in [0.2, 0.25) is 0 Å². The first kappa shape index (κ1) is 19.0. The molecule has 0 unspecified atom stereocenters. The lowest BCUT2D eigenvalue weighted by atomic mass is 10.1. The van der Waals surface area contributed by atoms with Crippen LogP contribution in [0.25, 0.3) is 12.2 Å². The van der Waals surface area contributed by atoms with Crippen molar-refractivity contribution in [2.45, 2.75) is 0 Å². The van der Waals surface area contributed by atoms with Crippen LogP contribution < -0.4 is 15.6 Å². The van der Waals surface area contributed by atoms with Gasteiger partial charge in [0.25, 0.3) is 11.8 Å². The molecule has 0 bridgehead atoms. The van der Waals surface area contributed by atoms with Crippen molar-refractivity contribution in [2.24, 2.45) is 7.05 Å². The molecule has 1 heterocycles. The monoisotopic (exact) mass is 375 g/mol. The maximum Gasteiger partial charge on any atom is 0.286 e. The van der Waals surface area contributed by atoms with Crippen LogP contribution in [0.15, 0.2) is 66.9 Å². The van der Waals surface area contributed by atoms with Gasteiger partial charge in [0.05, 0.1) is 7.11 Å². The van der Waals surface area contributed by atoms with E-state index in [2.05, 4.69) is 10.9 Å². The van der Waals surface area contributed by atoms with Crippen LogP contribution in [0, 0.1) is 0 Å². The highest BCUT2D eigenvalue weighted by Gasteiger charge is 2.10. The molecule has 142 valence electrons. The van der Waals surface area contributed by atoms with Gasteiger partial charge < -0.3 is 9.30 Å². The topological polar surface area (TPSA) is 72.4 Å². The summed E-state index contributed by atoms with van der Waals surface area (Å²) in [6, 6.07) is 18.3. The normalized spacial score (nSPS) is 10.6. The second-order valence-electron chi connectivity index (χ2n) is 6.14. The van der Waals surface area contributed by atoms with Crippen LogP contribution in [0.5, 0.6) is 5.75 Å². The summed E-state index contributed by atoms with van der Waals surface area (Å²) in [6.07, 6.45) is 5.68. The van der Waals surface area contributed by atoms with Gasteiger partial charge in [-0.15, -0.1) is 0 Å². The molecule has 3 aromatic rings. The summed E-state index contributed by atoms with van der Waals surface area (Å²) >= 11 is 0. The number of aromatic nitrogens is 1. The molecular formula is C22H21N3O3. The number of aryl methyl sites for hydroxylation is 1. The van der Waals surface area contributed by atoms with Crippen LogP contribution in [0.1, 0.15) is 32.0 Å². The van der Waals surface area contributed by atoms with E-state index in [9.17, 15) is 9.59 Å². The molecule has 2 amide bonds. The zero-order valence-corrected chi connectivity index (χ0v) is 15.7. The van der Waals surface area contributed by atoms with Crippen LogP contribution in [0.3, 0.4) is 0 Å². The molecule has 0 aliphatic rings. The fourth-order valence-electron chi connectivity index (χ4n) is 2.63. The lowest BCUT2D eigenvalue weighted by molar-refractivity contribution is 0.0842. The lowest BCUT2D eigenvalue weighted by Crippen LogP contribution is -2.42. The molecule has 6 heteroatoms. The predicted molar refractivity (Wildman–Crippen MR) is 109 cm³/mol. The minimum absolute atomic E-state index is 0.376. The average Bonchev–Trinajstić information content (AvgIpc) is 3.16. The summed E-state index contributed by atoms with van der Waals surface area (Å²) in [5.41, 5.74) is 7.71. The van der Waals surface area contributed by atoms with Gasteiger partial charge in [-0.05, 0) is 47.5 Å². The summed E-state index contributed by atoms with van der Waals surface area (Å²) in [5.74, 6) is 0.0381. The Morgan fingerprint density at radius 1 is 0.893 bits per heavy atom. The third-order valence-corrected chi connectivity index (χ3v) is 4.20. The number of carbonyl (C=O) groups excluding carboxylic acids is 2. The molecule has 1 aromatic heterocycles. The fraction of sp³-hybridized carbons (Fsp3) is 0.0909. The molecule has 2 N–H and O–H groups in total. The van der Waals surface area contributed by atoms with Crippen LogP contribution in [-0.2, 0) is 7.05 Å². The molecule has 28 heavy (non-hydrogen) atoms. The van der Waals surface area contributed by atoms with Crippen molar-refractivity contribution >= 4 is 24.0 Å². The first-order valence-corrected chi connectivity index (χ1v) is 8.71.